The molecule has 0 aliphatic rings. The number of anilines is 1. The molecule has 5 nitrogen and oxygen atoms in total. The molecule has 0 fully saturated rings. The van der Waals surface area contributed by atoms with Gasteiger partial charge in [0.1, 0.15) is 10.8 Å². The van der Waals surface area contributed by atoms with Crippen molar-refractivity contribution in [1.29, 1.82) is 0 Å². The Morgan fingerprint density at radius 2 is 2.00 bits per heavy atom. The Balaban J connectivity index is 0.00000361. The van der Waals surface area contributed by atoms with Gasteiger partial charge in [0.2, 0.25) is 0 Å². The van der Waals surface area contributed by atoms with Crippen molar-refractivity contribution in [2.24, 2.45) is 0 Å². The van der Waals surface area contributed by atoms with E-state index in [0.717, 1.165) is 19.6 Å². The van der Waals surface area contributed by atoms with Crippen LogP contribution in [0, 0.1) is 0 Å². The number of phenols is 1. The molecule has 4 N–H and O–H groups in total. The molecule has 20 heavy (non-hydrogen) atoms. The highest BCUT2D eigenvalue weighted by molar-refractivity contribution is 6.35. The standard InChI is InChI=1S/C13H20ClN3O2.ClH/c1-3-17(4-2)8-7-16-13(19)9-5-6-10(15)11(14)12(9)18;/h5-6,18H,3-4,7-8,15H2,1-2H3,(H,16,19);1H. The Labute approximate surface area is 130 Å². The molecule has 0 unspecified atom stereocenters. The molecule has 0 aliphatic carbocycles. The van der Waals surface area contributed by atoms with Crippen molar-refractivity contribution in [3.05, 3.63) is 22.7 Å². The number of nitrogen functional groups attached to an aromatic ring is 1. The molecule has 1 rings (SSSR count). The van der Waals surface area contributed by atoms with Crippen molar-refractivity contribution in [1.82, 2.24) is 10.2 Å². The summed E-state index contributed by atoms with van der Waals surface area (Å²) in [7, 11) is 0. The summed E-state index contributed by atoms with van der Waals surface area (Å²) in [5.41, 5.74) is 5.92. The maximum atomic E-state index is 11.9. The Kier molecular flexibility index (Phi) is 8.37. The van der Waals surface area contributed by atoms with Crippen LogP contribution in [0.5, 0.6) is 5.75 Å². The number of likely N-dealkylation sites (N-methyl/N-ethyl adjacent to an activating group) is 1. The van der Waals surface area contributed by atoms with Crippen molar-refractivity contribution < 1.29 is 9.90 Å². The Hall–Kier alpha value is -1.17. The van der Waals surface area contributed by atoms with Gasteiger partial charge in [-0.1, -0.05) is 25.4 Å². The molecule has 7 heteroatoms. The number of benzene rings is 1. The second-order valence-corrected chi connectivity index (χ2v) is 4.53. The first-order chi connectivity index (χ1) is 9.01. The number of nitrogens with zero attached hydrogens (tertiary/aromatic N) is 1. The molecule has 0 saturated carbocycles. The highest BCUT2D eigenvalue weighted by Crippen LogP contribution is 2.32. The third-order valence-electron chi connectivity index (χ3n) is 3.00. The monoisotopic (exact) mass is 321 g/mol. The minimum absolute atomic E-state index is 0. The normalized spacial score (nSPS) is 10.2. The van der Waals surface area contributed by atoms with E-state index in [-0.39, 0.29) is 40.3 Å². The van der Waals surface area contributed by atoms with E-state index in [4.69, 9.17) is 17.3 Å². The van der Waals surface area contributed by atoms with E-state index in [1.54, 1.807) is 0 Å². The molecule has 1 aromatic carbocycles. The molecule has 0 bridgehead atoms. The van der Waals surface area contributed by atoms with Gasteiger partial charge in [0.15, 0.2) is 0 Å². The zero-order valence-corrected chi connectivity index (χ0v) is 13.2. The van der Waals surface area contributed by atoms with E-state index in [1.807, 2.05) is 0 Å². The van der Waals surface area contributed by atoms with Crippen molar-refractivity contribution >= 4 is 35.6 Å². The van der Waals surface area contributed by atoms with Crippen LogP contribution in [0.4, 0.5) is 5.69 Å². The fraction of sp³-hybridized carbons (Fsp3) is 0.462. The molecular weight excluding hydrogens is 301 g/mol. The number of rotatable bonds is 6. The lowest BCUT2D eigenvalue weighted by atomic mass is 10.1. The fourth-order valence-electron chi connectivity index (χ4n) is 1.73. The third-order valence-corrected chi connectivity index (χ3v) is 3.40. The van der Waals surface area contributed by atoms with Gasteiger partial charge in [0.25, 0.3) is 5.91 Å². The molecule has 0 aliphatic heterocycles. The number of nitrogens with one attached hydrogen (secondary N) is 1. The van der Waals surface area contributed by atoms with E-state index in [9.17, 15) is 9.90 Å². The minimum atomic E-state index is -0.355. The van der Waals surface area contributed by atoms with Crippen LogP contribution >= 0.6 is 24.0 Å². The predicted molar refractivity (Wildman–Crippen MR) is 84.9 cm³/mol. The second-order valence-electron chi connectivity index (χ2n) is 4.15. The number of halogens is 2. The number of hydrogen-bond acceptors (Lipinski definition) is 4. The number of aromatic hydroxyl groups is 1. The van der Waals surface area contributed by atoms with Crippen LogP contribution < -0.4 is 11.1 Å². The first-order valence-corrected chi connectivity index (χ1v) is 6.66. The van der Waals surface area contributed by atoms with Gasteiger partial charge in [-0.05, 0) is 25.2 Å². The second kappa shape index (κ2) is 8.89. The molecule has 114 valence electrons. The summed E-state index contributed by atoms with van der Waals surface area (Å²) < 4.78 is 0. The average molecular weight is 322 g/mol. The SMILES string of the molecule is CCN(CC)CCNC(=O)c1ccc(N)c(Cl)c1O.Cl. The van der Waals surface area contributed by atoms with Crippen molar-refractivity contribution in [2.45, 2.75) is 13.8 Å². The summed E-state index contributed by atoms with van der Waals surface area (Å²) in [6.45, 7) is 7.29. The van der Waals surface area contributed by atoms with E-state index < -0.39 is 0 Å². The maximum absolute atomic E-state index is 11.9. The zero-order chi connectivity index (χ0) is 14.4. The minimum Gasteiger partial charge on any atom is -0.505 e. The van der Waals surface area contributed by atoms with Gasteiger partial charge >= 0.3 is 0 Å². The van der Waals surface area contributed by atoms with Crippen LogP contribution in [0.2, 0.25) is 5.02 Å². The fourth-order valence-corrected chi connectivity index (χ4v) is 1.89. The van der Waals surface area contributed by atoms with Gasteiger partial charge in [-0.2, -0.15) is 0 Å². The first-order valence-electron chi connectivity index (χ1n) is 6.28. The van der Waals surface area contributed by atoms with E-state index in [0.29, 0.717) is 6.54 Å². The zero-order valence-electron chi connectivity index (χ0n) is 11.6. The number of carbonyl (C=O) groups is 1. The summed E-state index contributed by atoms with van der Waals surface area (Å²) in [5.74, 6) is -0.631. The molecule has 0 heterocycles. The summed E-state index contributed by atoms with van der Waals surface area (Å²) in [6.07, 6.45) is 0. The Bertz CT molecular complexity index is 451. The van der Waals surface area contributed by atoms with Gasteiger partial charge in [0.05, 0.1) is 11.3 Å². The summed E-state index contributed by atoms with van der Waals surface area (Å²) in [5, 5.41) is 12.5. The molecule has 0 aromatic heterocycles. The quantitative estimate of drug-likeness (QED) is 0.701. The van der Waals surface area contributed by atoms with Crippen LogP contribution in [0.15, 0.2) is 12.1 Å². The van der Waals surface area contributed by atoms with Gasteiger partial charge < -0.3 is 21.1 Å². The average Bonchev–Trinajstić information content (AvgIpc) is 2.41. The van der Waals surface area contributed by atoms with Crippen LogP contribution in [-0.4, -0.2) is 42.1 Å². The van der Waals surface area contributed by atoms with Crippen LogP contribution in [0.3, 0.4) is 0 Å². The van der Waals surface area contributed by atoms with Crippen LogP contribution in [-0.2, 0) is 0 Å². The third kappa shape index (κ3) is 4.74. The van der Waals surface area contributed by atoms with Crippen molar-refractivity contribution in [3.8, 4) is 5.75 Å². The molecule has 1 aromatic rings. The lowest BCUT2D eigenvalue weighted by Gasteiger charge is -2.18. The smallest absolute Gasteiger partial charge is 0.255 e. The highest BCUT2D eigenvalue weighted by Gasteiger charge is 2.15. The topological polar surface area (TPSA) is 78.6 Å². The molecule has 1 amide bonds. The lowest BCUT2D eigenvalue weighted by Crippen LogP contribution is -2.34. The summed E-state index contributed by atoms with van der Waals surface area (Å²) in [6, 6.07) is 2.96. The number of phenolic OH excluding ortho intramolecular Hbond substituents is 1. The lowest BCUT2D eigenvalue weighted by molar-refractivity contribution is 0.0946. The molecular formula is C13H21Cl2N3O2. The van der Waals surface area contributed by atoms with Crippen molar-refractivity contribution in [3.63, 3.8) is 0 Å². The first kappa shape index (κ1) is 18.8. The number of hydrogen-bond donors (Lipinski definition) is 3. The van der Waals surface area contributed by atoms with E-state index in [1.165, 1.54) is 12.1 Å². The number of nitrogens with two attached hydrogens (primary N) is 1. The summed E-state index contributed by atoms with van der Waals surface area (Å²) in [4.78, 5) is 14.1. The molecule has 0 saturated heterocycles. The number of carbonyl (C=O) groups excluding carboxylic acids is 1. The maximum Gasteiger partial charge on any atom is 0.255 e. The Morgan fingerprint density at radius 1 is 1.40 bits per heavy atom. The molecule has 0 spiro atoms. The van der Waals surface area contributed by atoms with Crippen LogP contribution in [0.25, 0.3) is 0 Å². The van der Waals surface area contributed by atoms with Crippen molar-refractivity contribution in [2.75, 3.05) is 31.9 Å². The van der Waals surface area contributed by atoms with Gasteiger partial charge in [0, 0.05) is 13.1 Å². The van der Waals surface area contributed by atoms with Gasteiger partial charge in [-0.25, -0.2) is 0 Å². The van der Waals surface area contributed by atoms with E-state index >= 15 is 0 Å². The summed E-state index contributed by atoms with van der Waals surface area (Å²) >= 11 is 5.79. The Morgan fingerprint density at radius 3 is 2.55 bits per heavy atom. The number of amides is 1. The molecule has 0 radical (unpaired) electrons. The largest absolute Gasteiger partial charge is 0.505 e. The van der Waals surface area contributed by atoms with Crippen LogP contribution in [0.1, 0.15) is 24.2 Å². The van der Waals surface area contributed by atoms with Gasteiger partial charge in [-0.3, -0.25) is 4.79 Å². The molecule has 0 atom stereocenters. The van der Waals surface area contributed by atoms with E-state index in [2.05, 4.69) is 24.1 Å². The highest BCUT2D eigenvalue weighted by atomic mass is 35.5. The van der Waals surface area contributed by atoms with Gasteiger partial charge in [-0.15, -0.1) is 12.4 Å². The predicted octanol–water partition coefficient (Wildman–Crippen LogP) is 2.12.